The third-order valence-corrected chi connectivity index (χ3v) is 6.31. The van der Waals surface area contributed by atoms with Crippen molar-refractivity contribution in [1.82, 2.24) is 0 Å². The fourth-order valence-corrected chi connectivity index (χ4v) is 4.06. The molecule has 0 fully saturated rings. The molecule has 32 heavy (non-hydrogen) atoms. The second-order valence-electron chi connectivity index (χ2n) is 6.69. The summed E-state index contributed by atoms with van der Waals surface area (Å²) in [6.07, 6.45) is 1.38. The number of hydrogen-bond acceptors (Lipinski definition) is 9. The van der Waals surface area contributed by atoms with Crippen LogP contribution in [0.1, 0.15) is 0 Å². The van der Waals surface area contributed by atoms with Gasteiger partial charge in [-0.15, -0.1) is 0 Å². The first-order chi connectivity index (χ1) is 15.6. The predicted molar refractivity (Wildman–Crippen MR) is 129 cm³/mol. The first-order valence-electron chi connectivity index (χ1n) is 10.2. The molecule has 3 rings (SSSR count). The molecule has 172 valence electrons. The summed E-state index contributed by atoms with van der Waals surface area (Å²) >= 11 is 3.17. The number of fused-ring (bicyclic) bond motifs is 1. The summed E-state index contributed by atoms with van der Waals surface area (Å²) in [7, 11) is 0. The average Bonchev–Trinajstić information content (AvgIpc) is 2.79. The van der Waals surface area contributed by atoms with E-state index in [1.54, 1.807) is 53.9 Å². The zero-order valence-corrected chi connectivity index (χ0v) is 19.1. The van der Waals surface area contributed by atoms with Gasteiger partial charge in [0, 0.05) is 35.1 Å². The molecule has 0 unspecified atom stereocenters. The summed E-state index contributed by atoms with van der Waals surface area (Å²) in [5.41, 5.74) is 0.912. The molecule has 0 amide bonds. The number of aliphatic hydroxyl groups excluding tert-OH is 2. The van der Waals surface area contributed by atoms with Gasteiger partial charge in [0.25, 0.3) is 0 Å². The molecular formula is C23H26O7S2. The lowest BCUT2D eigenvalue weighted by Crippen LogP contribution is -2.06. The van der Waals surface area contributed by atoms with Crippen molar-refractivity contribution in [2.75, 3.05) is 49.4 Å². The van der Waals surface area contributed by atoms with E-state index in [2.05, 4.69) is 0 Å². The summed E-state index contributed by atoms with van der Waals surface area (Å²) < 4.78 is 16.9. The van der Waals surface area contributed by atoms with Gasteiger partial charge in [0.2, 0.25) is 5.43 Å². The molecule has 3 N–H and O–H groups in total. The maximum Gasteiger partial charge on any atom is 0.204 e. The number of phenolic OH excluding ortho intramolecular Hbond substituents is 1. The van der Waals surface area contributed by atoms with Crippen LogP contribution >= 0.6 is 23.5 Å². The van der Waals surface area contributed by atoms with Gasteiger partial charge in [0.15, 0.2) is 0 Å². The van der Waals surface area contributed by atoms with Crippen molar-refractivity contribution in [3.05, 3.63) is 52.9 Å². The molecule has 2 aromatic carbocycles. The minimum Gasteiger partial charge on any atom is -0.507 e. The minimum atomic E-state index is -0.331. The Hall–Kier alpha value is -2.33. The Morgan fingerprint density at radius 3 is 2.09 bits per heavy atom. The van der Waals surface area contributed by atoms with E-state index in [1.807, 2.05) is 0 Å². The fourth-order valence-electron chi connectivity index (χ4n) is 2.99. The Morgan fingerprint density at radius 1 is 0.844 bits per heavy atom. The van der Waals surface area contributed by atoms with Crippen molar-refractivity contribution in [3.8, 4) is 28.4 Å². The Balaban J connectivity index is 1.71. The number of benzene rings is 2. The molecule has 0 bridgehead atoms. The molecule has 0 atom stereocenters. The molecule has 1 aromatic heterocycles. The second kappa shape index (κ2) is 12.6. The third-order valence-electron chi connectivity index (χ3n) is 4.46. The zero-order valence-electron chi connectivity index (χ0n) is 17.5. The number of aromatic hydroxyl groups is 1. The van der Waals surface area contributed by atoms with Crippen LogP contribution in [-0.4, -0.2) is 64.8 Å². The van der Waals surface area contributed by atoms with Crippen LogP contribution in [0, 0.1) is 0 Å². The van der Waals surface area contributed by atoms with Gasteiger partial charge in [-0.3, -0.25) is 4.79 Å². The standard InChI is InChI=1S/C23H26O7S2/c24-5-9-31-11-7-28-17-3-1-16(2-4-17)19-15-30-21-14-18(29-8-12-32-10-6-25)13-20(26)22(21)23(19)27/h1-4,13-15,24-26H,5-12H2. The smallest absolute Gasteiger partial charge is 0.204 e. The van der Waals surface area contributed by atoms with Gasteiger partial charge in [-0.2, -0.15) is 23.5 Å². The Kier molecular flexibility index (Phi) is 9.61. The number of rotatable bonds is 13. The minimum absolute atomic E-state index is 0.103. The van der Waals surface area contributed by atoms with Gasteiger partial charge >= 0.3 is 0 Å². The van der Waals surface area contributed by atoms with Crippen molar-refractivity contribution < 1.29 is 29.2 Å². The Labute approximate surface area is 194 Å². The van der Waals surface area contributed by atoms with Gasteiger partial charge in [0.1, 0.15) is 34.5 Å². The lowest BCUT2D eigenvalue weighted by atomic mass is 10.0. The van der Waals surface area contributed by atoms with Crippen LogP contribution in [0.3, 0.4) is 0 Å². The van der Waals surface area contributed by atoms with Gasteiger partial charge < -0.3 is 29.2 Å². The quantitative estimate of drug-likeness (QED) is 0.319. The summed E-state index contributed by atoms with van der Waals surface area (Å²) in [5, 5.41) is 28.1. The highest BCUT2D eigenvalue weighted by Crippen LogP contribution is 2.31. The largest absolute Gasteiger partial charge is 0.507 e. The van der Waals surface area contributed by atoms with Crippen molar-refractivity contribution in [2.24, 2.45) is 0 Å². The molecule has 3 aromatic rings. The van der Waals surface area contributed by atoms with Crippen LogP contribution in [0.15, 0.2) is 51.9 Å². The molecule has 0 aliphatic heterocycles. The van der Waals surface area contributed by atoms with E-state index in [1.165, 1.54) is 12.3 Å². The van der Waals surface area contributed by atoms with E-state index in [0.29, 0.717) is 53.1 Å². The topological polar surface area (TPSA) is 109 Å². The fraction of sp³-hybridized carbons (Fsp3) is 0.348. The van der Waals surface area contributed by atoms with E-state index in [9.17, 15) is 9.90 Å². The molecule has 9 heteroatoms. The number of thioether (sulfide) groups is 2. The van der Waals surface area contributed by atoms with Gasteiger partial charge in [-0.25, -0.2) is 0 Å². The summed E-state index contributed by atoms with van der Waals surface area (Å²) in [5.74, 6) is 3.70. The number of phenols is 1. The van der Waals surface area contributed by atoms with E-state index < -0.39 is 0 Å². The number of aliphatic hydroxyl groups is 2. The number of ether oxygens (including phenoxy) is 2. The van der Waals surface area contributed by atoms with Gasteiger partial charge in [-0.1, -0.05) is 12.1 Å². The van der Waals surface area contributed by atoms with Crippen LogP contribution in [0.5, 0.6) is 17.2 Å². The van der Waals surface area contributed by atoms with E-state index in [0.717, 1.165) is 5.75 Å². The molecule has 0 spiro atoms. The maximum atomic E-state index is 13.0. The number of hydrogen-bond donors (Lipinski definition) is 3. The van der Waals surface area contributed by atoms with Crippen LogP contribution in [0.4, 0.5) is 0 Å². The third kappa shape index (κ3) is 6.59. The monoisotopic (exact) mass is 478 g/mol. The lowest BCUT2D eigenvalue weighted by Gasteiger charge is -2.10. The molecule has 0 saturated carbocycles. The molecule has 0 radical (unpaired) electrons. The van der Waals surface area contributed by atoms with E-state index in [-0.39, 0.29) is 35.4 Å². The Bertz CT molecular complexity index is 1050. The molecule has 7 nitrogen and oxygen atoms in total. The average molecular weight is 479 g/mol. The second-order valence-corrected chi connectivity index (χ2v) is 9.14. The normalized spacial score (nSPS) is 11.1. The first kappa shape index (κ1) is 24.3. The van der Waals surface area contributed by atoms with Crippen molar-refractivity contribution in [1.29, 1.82) is 0 Å². The summed E-state index contributed by atoms with van der Waals surface area (Å²) in [4.78, 5) is 13.0. The summed E-state index contributed by atoms with van der Waals surface area (Å²) in [6, 6.07) is 10.1. The van der Waals surface area contributed by atoms with Crippen molar-refractivity contribution >= 4 is 34.5 Å². The van der Waals surface area contributed by atoms with Gasteiger partial charge in [-0.05, 0) is 17.7 Å². The molecule has 0 saturated heterocycles. The zero-order chi connectivity index (χ0) is 22.8. The van der Waals surface area contributed by atoms with Crippen molar-refractivity contribution in [2.45, 2.75) is 0 Å². The Morgan fingerprint density at radius 2 is 1.47 bits per heavy atom. The highest BCUT2D eigenvalue weighted by atomic mass is 32.2. The predicted octanol–water partition coefficient (Wildman–Crippen LogP) is 3.37. The van der Waals surface area contributed by atoms with E-state index >= 15 is 0 Å². The highest BCUT2D eigenvalue weighted by Gasteiger charge is 2.14. The SMILES string of the molecule is O=c1c(-c2ccc(OCCSCCO)cc2)coc2cc(OCCSCCO)cc(O)c12. The van der Waals surface area contributed by atoms with Crippen LogP contribution in [-0.2, 0) is 0 Å². The molecule has 0 aliphatic rings. The van der Waals surface area contributed by atoms with Crippen LogP contribution in [0.2, 0.25) is 0 Å². The molecular weight excluding hydrogens is 452 g/mol. The summed E-state index contributed by atoms with van der Waals surface area (Å²) in [6.45, 7) is 1.21. The maximum absolute atomic E-state index is 13.0. The van der Waals surface area contributed by atoms with Crippen LogP contribution < -0.4 is 14.9 Å². The molecule has 1 heterocycles. The highest BCUT2D eigenvalue weighted by molar-refractivity contribution is 7.99. The lowest BCUT2D eigenvalue weighted by molar-refractivity contribution is 0.321. The van der Waals surface area contributed by atoms with Crippen LogP contribution in [0.25, 0.3) is 22.1 Å². The van der Waals surface area contributed by atoms with E-state index in [4.69, 9.17) is 24.1 Å². The van der Waals surface area contributed by atoms with Crippen molar-refractivity contribution in [3.63, 3.8) is 0 Å². The first-order valence-corrected chi connectivity index (χ1v) is 12.5. The molecule has 0 aliphatic carbocycles. The van der Waals surface area contributed by atoms with Gasteiger partial charge in [0.05, 0.1) is 32.0 Å².